The number of ether oxygens (including phenoxy) is 1. The monoisotopic (exact) mass is 364 g/mol. The van der Waals surface area contributed by atoms with Crippen molar-refractivity contribution in [3.63, 3.8) is 0 Å². The summed E-state index contributed by atoms with van der Waals surface area (Å²) in [4.78, 5) is 0. The van der Waals surface area contributed by atoms with E-state index in [4.69, 9.17) is 18.0 Å². The molecule has 24 heavy (non-hydrogen) atoms. The van der Waals surface area contributed by atoms with E-state index >= 15 is 0 Å². The number of rotatable bonds is 18. The second-order valence-corrected chi connectivity index (χ2v) is 9.35. The molecule has 1 unspecified atom stereocenters. The minimum absolute atomic E-state index is 0.0352. The van der Waals surface area contributed by atoms with Crippen LogP contribution in [0.25, 0.3) is 0 Å². The van der Waals surface area contributed by atoms with Gasteiger partial charge in [-0.25, -0.2) is 0 Å². The Morgan fingerprint density at radius 2 is 1.21 bits per heavy atom. The van der Waals surface area contributed by atoms with E-state index in [9.17, 15) is 5.11 Å². The van der Waals surface area contributed by atoms with Crippen molar-refractivity contribution in [3.8, 4) is 0 Å². The van der Waals surface area contributed by atoms with Gasteiger partial charge in [0.2, 0.25) is 0 Å². The predicted molar refractivity (Wildman–Crippen MR) is 100 cm³/mol. The second-order valence-electron chi connectivity index (χ2n) is 6.27. The Hall–Kier alpha value is 0.0169. The molecule has 0 aliphatic heterocycles. The first-order valence-electron chi connectivity index (χ1n) is 9.58. The average molecular weight is 365 g/mol. The third-order valence-electron chi connectivity index (χ3n) is 4.46. The molecule has 0 aromatic heterocycles. The molecule has 0 aliphatic carbocycles. The normalized spacial score (nSPS) is 13.4. The molecule has 146 valence electrons. The Morgan fingerprint density at radius 1 is 0.750 bits per heavy atom. The summed E-state index contributed by atoms with van der Waals surface area (Å²) in [6.45, 7) is 2.95. The van der Waals surface area contributed by atoms with E-state index in [1.54, 1.807) is 21.3 Å². The van der Waals surface area contributed by atoms with Gasteiger partial charge in [-0.15, -0.1) is 0 Å². The maximum absolute atomic E-state index is 9.24. The Bertz CT molecular complexity index is 254. The Morgan fingerprint density at radius 3 is 1.62 bits per heavy atom. The molecule has 1 atom stereocenters. The molecule has 1 N–H and O–H groups in total. The minimum atomic E-state index is -2.85. The van der Waals surface area contributed by atoms with Gasteiger partial charge in [0.1, 0.15) is 5.73 Å². The molecule has 0 rings (SSSR count). The van der Waals surface area contributed by atoms with Crippen molar-refractivity contribution in [2.45, 2.75) is 83.3 Å². The van der Waals surface area contributed by atoms with Crippen molar-refractivity contribution in [3.05, 3.63) is 0 Å². The summed E-state index contributed by atoms with van der Waals surface area (Å²) in [5.41, 5.74) is -0.305. The van der Waals surface area contributed by atoms with Crippen LogP contribution in [0.2, 0.25) is 0 Å². The van der Waals surface area contributed by atoms with Crippen LogP contribution in [0.15, 0.2) is 0 Å². The number of aliphatic hydroxyl groups is 1. The molecule has 0 aromatic carbocycles. The Labute approximate surface area is 150 Å². The molecular weight excluding hydrogens is 324 g/mol. The summed E-state index contributed by atoms with van der Waals surface area (Å²) in [7, 11) is 1.88. The number of hydrogen-bond donors (Lipinski definition) is 1. The highest BCUT2D eigenvalue weighted by atomic mass is 28.4. The molecule has 0 spiro atoms. The van der Waals surface area contributed by atoms with Crippen molar-refractivity contribution in [1.82, 2.24) is 0 Å². The Kier molecular flexibility index (Phi) is 16.5. The van der Waals surface area contributed by atoms with Crippen LogP contribution in [-0.2, 0) is 18.0 Å². The van der Waals surface area contributed by atoms with Crippen LogP contribution in [-0.4, -0.2) is 54.2 Å². The molecule has 0 bridgehead atoms. The van der Waals surface area contributed by atoms with Gasteiger partial charge in [0, 0.05) is 41.0 Å². The van der Waals surface area contributed by atoms with Crippen LogP contribution in [0.4, 0.5) is 0 Å². The molecule has 0 aliphatic rings. The van der Waals surface area contributed by atoms with Gasteiger partial charge in [0.05, 0.1) is 0 Å². The first-order valence-corrected chi connectivity index (χ1v) is 11.4. The fourth-order valence-electron chi connectivity index (χ4n) is 2.94. The minimum Gasteiger partial charge on any atom is -0.396 e. The van der Waals surface area contributed by atoms with Crippen LogP contribution >= 0.6 is 0 Å². The smallest absolute Gasteiger partial charge is 0.396 e. The van der Waals surface area contributed by atoms with E-state index in [1.807, 2.05) is 0 Å². The maximum Gasteiger partial charge on any atom is 0.530 e. The molecule has 0 saturated heterocycles. The molecule has 0 radical (unpaired) electrons. The first-order chi connectivity index (χ1) is 11.7. The van der Waals surface area contributed by atoms with E-state index in [0.717, 1.165) is 6.42 Å². The van der Waals surface area contributed by atoms with Gasteiger partial charge in [-0.3, -0.25) is 0 Å². The highest BCUT2D eigenvalue weighted by Gasteiger charge is 2.48. The maximum atomic E-state index is 9.24. The molecule has 0 fully saturated rings. The summed E-state index contributed by atoms with van der Waals surface area (Å²) in [6, 6.07) is 0. The lowest BCUT2D eigenvalue weighted by Crippen LogP contribution is -2.56. The van der Waals surface area contributed by atoms with Crippen LogP contribution in [0.3, 0.4) is 0 Å². The van der Waals surface area contributed by atoms with E-state index in [1.165, 1.54) is 57.8 Å². The van der Waals surface area contributed by atoms with E-state index in [0.29, 0.717) is 13.0 Å². The third-order valence-corrected chi connectivity index (χ3v) is 7.41. The largest absolute Gasteiger partial charge is 0.530 e. The van der Waals surface area contributed by atoms with Gasteiger partial charge in [-0.1, -0.05) is 64.7 Å². The van der Waals surface area contributed by atoms with E-state index < -0.39 is 8.80 Å². The number of hydrogen-bond acceptors (Lipinski definition) is 5. The standard InChI is InChI=1S/C18H40O5Si/c1-5-6-7-8-9-10-11-12-13-14-17-23-18(15-16-19)24(20-2,21-3)22-4/h18-19H,5-17H2,1-4H3. The SMILES string of the molecule is CCCCCCCCCCCCOC(CCO)[Si](OC)(OC)OC. The summed E-state index contributed by atoms with van der Waals surface area (Å²) >= 11 is 0. The van der Waals surface area contributed by atoms with Gasteiger partial charge in [-0.05, 0) is 6.42 Å². The van der Waals surface area contributed by atoms with Gasteiger partial charge >= 0.3 is 8.80 Å². The second kappa shape index (κ2) is 16.5. The van der Waals surface area contributed by atoms with Crippen molar-refractivity contribution in [1.29, 1.82) is 0 Å². The third kappa shape index (κ3) is 10.1. The first kappa shape index (κ1) is 24.0. The lowest BCUT2D eigenvalue weighted by atomic mass is 10.1. The van der Waals surface area contributed by atoms with Gasteiger partial charge < -0.3 is 23.1 Å². The quantitative estimate of drug-likeness (QED) is 0.293. The summed E-state index contributed by atoms with van der Waals surface area (Å²) in [5, 5.41) is 9.24. The van der Waals surface area contributed by atoms with Crippen LogP contribution < -0.4 is 0 Å². The summed E-state index contributed by atoms with van der Waals surface area (Å²) in [5.74, 6) is 0. The molecule has 0 saturated carbocycles. The fraction of sp³-hybridized carbons (Fsp3) is 1.00. The predicted octanol–water partition coefficient (Wildman–Crippen LogP) is 4.09. The number of unbranched alkanes of at least 4 members (excludes halogenated alkanes) is 9. The van der Waals surface area contributed by atoms with Gasteiger partial charge in [0.25, 0.3) is 0 Å². The molecule has 0 amide bonds. The lowest BCUT2D eigenvalue weighted by Gasteiger charge is -2.31. The average Bonchev–Trinajstić information content (AvgIpc) is 2.61. The van der Waals surface area contributed by atoms with Gasteiger partial charge in [-0.2, -0.15) is 0 Å². The molecule has 5 nitrogen and oxygen atoms in total. The summed E-state index contributed by atoms with van der Waals surface area (Å²) < 4.78 is 22.3. The molecule has 0 aromatic rings. The number of aliphatic hydroxyl groups excluding tert-OH is 1. The Balaban J connectivity index is 3.78. The van der Waals surface area contributed by atoms with Crippen LogP contribution in [0.1, 0.15) is 77.6 Å². The van der Waals surface area contributed by atoms with Crippen LogP contribution in [0, 0.1) is 0 Å². The van der Waals surface area contributed by atoms with Crippen molar-refractivity contribution in [2.75, 3.05) is 34.5 Å². The lowest BCUT2D eigenvalue weighted by molar-refractivity contribution is 0.00164. The highest BCUT2D eigenvalue weighted by molar-refractivity contribution is 6.62. The summed E-state index contributed by atoms with van der Waals surface area (Å²) in [6.07, 6.45) is 13.5. The van der Waals surface area contributed by atoms with E-state index in [-0.39, 0.29) is 12.3 Å². The van der Waals surface area contributed by atoms with Crippen molar-refractivity contribution in [2.24, 2.45) is 0 Å². The molecule has 0 heterocycles. The van der Waals surface area contributed by atoms with Crippen LogP contribution in [0.5, 0.6) is 0 Å². The fourth-order valence-corrected chi connectivity index (χ4v) is 5.03. The van der Waals surface area contributed by atoms with Gasteiger partial charge in [0.15, 0.2) is 0 Å². The highest BCUT2D eigenvalue weighted by Crippen LogP contribution is 2.19. The van der Waals surface area contributed by atoms with Crippen molar-refractivity contribution >= 4 is 8.80 Å². The zero-order chi connectivity index (χ0) is 18.1. The molecular formula is C18H40O5Si. The zero-order valence-corrected chi connectivity index (χ0v) is 17.3. The van der Waals surface area contributed by atoms with E-state index in [2.05, 4.69) is 6.92 Å². The topological polar surface area (TPSA) is 57.2 Å². The molecule has 6 heteroatoms. The zero-order valence-electron chi connectivity index (χ0n) is 16.3. The van der Waals surface area contributed by atoms with Crippen molar-refractivity contribution < 1.29 is 23.1 Å².